The fraction of sp³-hybridized carbons (Fsp3) is 0.357. The highest BCUT2D eigenvalue weighted by Gasteiger charge is 2.16. The van der Waals surface area contributed by atoms with E-state index in [1.165, 1.54) is 5.56 Å². The van der Waals surface area contributed by atoms with Gasteiger partial charge >= 0.3 is 0 Å². The van der Waals surface area contributed by atoms with Crippen LogP contribution in [0.3, 0.4) is 0 Å². The van der Waals surface area contributed by atoms with Gasteiger partial charge in [0.2, 0.25) is 0 Å². The van der Waals surface area contributed by atoms with Crippen LogP contribution in [0.15, 0.2) is 30.6 Å². The van der Waals surface area contributed by atoms with Gasteiger partial charge in [0.25, 0.3) is 0 Å². The molecule has 1 aliphatic rings. The first-order chi connectivity index (χ1) is 9.24. The number of rotatable bonds is 3. The number of methoxy groups -OCH3 is 1. The first kappa shape index (κ1) is 12.0. The number of benzene rings is 1. The van der Waals surface area contributed by atoms with Gasteiger partial charge in [-0.05, 0) is 17.7 Å². The number of fused-ring (bicyclic) bond motifs is 1. The Balaban J connectivity index is 1.74. The monoisotopic (exact) mass is 258 g/mol. The van der Waals surface area contributed by atoms with Crippen molar-refractivity contribution < 1.29 is 4.74 Å². The maximum atomic E-state index is 5.89. The molecule has 0 saturated heterocycles. The lowest BCUT2D eigenvalue weighted by Gasteiger charge is -2.27. The number of anilines is 1. The Morgan fingerprint density at radius 1 is 1.32 bits per heavy atom. The molecule has 19 heavy (non-hydrogen) atoms. The van der Waals surface area contributed by atoms with Gasteiger partial charge in [0.05, 0.1) is 13.7 Å². The Hall–Kier alpha value is -2.01. The van der Waals surface area contributed by atoms with Crippen LogP contribution < -0.4 is 10.5 Å². The topological polar surface area (TPSA) is 56.3 Å². The zero-order valence-electron chi connectivity index (χ0n) is 11.0. The lowest BCUT2D eigenvalue weighted by Crippen LogP contribution is -2.33. The van der Waals surface area contributed by atoms with E-state index in [0.717, 1.165) is 43.4 Å². The highest BCUT2D eigenvalue weighted by atomic mass is 16.5. The van der Waals surface area contributed by atoms with Crippen LogP contribution in [0.1, 0.15) is 11.4 Å². The molecule has 2 aromatic rings. The number of nitrogen functional groups attached to an aromatic ring is 1. The first-order valence-electron chi connectivity index (χ1n) is 6.40. The summed E-state index contributed by atoms with van der Waals surface area (Å²) in [5.74, 6) is 1.94. The van der Waals surface area contributed by atoms with Gasteiger partial charge in [-0.25, -0.2) is 4.98 Å². The molecule has 0 amide bonds. The number of imidazole rings is 1. The molecule has 0 bridgehead atoms. The van der Waals surface area contributed by atoms with E-state index in [-0.39, 0.29) is 0 Å². The molecule has 3 rings (SSSR count). The van der Waals surface area contributed by atoms with E-state index in [1.807, 2.05) is 30.6 Å². The molecule has 2 N–H and O–H groups in total. The Labute approximate surface area is 112 Å². The minimum absolute atomic E-state index is 0.743. The molecule has 0 fully saturated rings. The van der Waals surface area contributed by atoms with Gasteiger partial charge in [-0.1, -0.05) is 0 Å². The summed E-state index contributed by atoms with van der Waals surface area (Å²) in [6.07, 6.45) is 3.90. The Morgan fingerprint density at radius 3 is 3.05 bits per heavy atom. The second kappa shape index (κ2) is 4.93. The fourth-order valence-electron chi connectivity index (χ4n) is 2.51. The van der Waals surface area contributed by atoms with Gasteiger partial charge < -0.3 is 15.0 Å². The van der Waals surface area contributed by atoms with E-state index >= 15 is 0 Å². The zero-order valence-corrected chi connectivity index (χ0v) is 11.0. The molecule has 0 spiro atoms. The van der Waals surface area contributed by atoms with Gasteiger partial charge in [0.1, 0.15) is 11.6 Å². The predicted molar refractivity (Wildman–Crippen MR) is 73.7 cm³/mol. The molecule has 100 valence electrons. The maximum absolute atomic E-state index is 5.89. The number of hydrogen-bond acceptors (Lipinski definition) is 4. The van der Waals surface area contributed by atoms with E-state index < -0.39 is 0 Å². The van der Waals surface area contributed by atoms with E-state index in [1.54, 1.807) is 7.11 Å². The second-order valence-electron chi connectivity index (χ2n) is 4.86. The molecule has 2 heterocycles. The van der Waals surface area contributed by atoms with E-state index in [0.29, 0.717) is 0 Å². The van der Waals surface area contributed by atoms with Crippen molar-refractivity contribution in [3.63, 3.8) is 0 Å². The van der Waals surface area contributed by atoms with Gasteiger partial charge in [-0.15, -0.1) is 0 Å². The van der Waals surface area contributed by atoms with Crippen LogP contribution in [0, 0.1) is 0 Å². The quantitative estimate of drug-likeness (QED) is 0.847. The highest BCUT2D eigenvalue weighted by molar-refractivity contribution is 5.47. The van der Waals surface area contributed by atoms with E-state index in [2.05, 4.69) is 14.5 Å². The minimum Gasteiger partial charge on any atom is -0.497 e. The van der Waals surface area contributed by atoms with Crippen molar-refractivity contribution in [2.75, 3.05) is 19.4 Å². The van der Waals surface area contributed by atoms with E-state index in [9.17, 15) is 0 Å². The lowest BCUT2D eigenvalue weighted by atomic mass is 10.1. The van der Waals surface area contributed by atoms with Crippen LogP contribution in [-0.4, -0.2) is 28.1 Å². The highest BCUT2D eigenvalue weighted by Crippen LogP contribution is 2.21. The summed E-state index contributed by atoms with van der Waals surface area (Å²) in [6, 6.07) is 5.88. The first-order valence-corrected chi connectivity index (χ1v) is 6.40. The van der Waals surface area contributed by atoms with Crippen LogP contribution in [0.5, 0.6) is 5.75 Å². The van der Waals surface area contributed by atoms with E-state index in [4.69, 9.17) is 10.5 Å². The van der Waals surface area contributed by atoms with Crippen molar-refractivity contribution in [2.24, 2.45) is 0 Å². The zero-order chi connectivity index (χ0) is 13.2. The van der Waals surface area contributed by atoms with Crippen molar-refractivity contribution in [3.8, 4) is 5.75 Å². The number of aromatic nitrogens is 2. The predicted octanol–water partition coefficient (Wildman–Crippen LogP) is 1.49. The molecule has 0 atom stereocenters. The molecule has 5 nitrogen and oxygen atoms in total. The van der Waals surface area contributed by atoms with Crippen molar-refractivity contribution in [1.29, 1.82) is 0 Å². The minimum atomic E-state index is 0.743. The lowest BCUT2D eigenvalue weighted by molar-refractivity contribution is 0.208. The third kappa shape index (κ3) is 2.56. The summed E-state index contributed by atoms with van der Waals surface area (Å²) < 4.78 is 7.46. The second-order valence-corrected chi connectivity index (χ2v) is 4.86. The van der Waals surface area contributed by atoms with Gasteiger partial charge in [-0.2, -0.15) is 0 Å². The number of ether oxygens (including phenoxy) is 1. The molecule has 1 aromatic carbocycles. The standard InChI is InChI=1S/C14H18N4O/c1-19-13-7-11(6-12(15)8-13)9-17-4-5-18-3-2-16-14(18)10-17/h2-3,6-8H,4-5,9-10,15H2,1H3. The molecular formula is C14H18N4O. The molecule has 0 aliphatic carbocycles. The van der Waals surface area contributed by atoms with Crippen molar-refractivity contribution in [1.82, 2.24) is 14.5 Å². The van der Waals surface area contributed by atoms with Crippen LogP contribution in [0.2, 0.25) is 0 Å². The van der Waals surface area contributed by atoms with Gasteiger partial charge in [0.15, 0.2) is 0 Å². The molecular weight excluding hydrogens is 240 g/mol. The molecule has 1 aliphatic heterocycles. The average molecular weight is 258 g/mol. The summed E-state index contributed by atoms with van der Waals surface area (Å²) in [6.45, 7) is 3.77. The van der Waals surface area contributed by atoms with Crippen LogP contribution in [0.25, 0.3) is 0 Å². The smallest absolute Gasteiger partial charge is 0.122 e. The Morgan fingerprint density at radius 2 is 2.21 bits per heavy atom. The van der Waals surface area contributed by atoms with Crippen molar-refractivity contribution >= 4 is 5.69 Å². The maximum Gasteiger partial charge on any atom is 0.122 e. The number of hydrogen-bond donors (Lipinski definition) is 1. The summed E-state index contributed by atoms with van der Waals surface area (Å²) in [7, 11) is 1.66. The van der Waals surface area contributed by atoms with Crippen molar-refractivity contribution in [3.05, 3.63) is 42.0 Å². The summed E-state index contributed by atoms with van der Waals surface area (Å²) in [5.41, 5.74) is 7.81. The molecule has 0 saturated carbocycles. The molecule has 0 unspecified atom stereocenters. The number of nitrogens with zero attached hydrogens (tertiary/aromatic N) is 3. The summed E-state index contributed by atoms with van der Waals surface area (Å²) in [5, 5.41) is 0. The van der Waals surface area contributed by atoms with Crippen LogP contribution >= 0.6 is 0 Å². The SMILES string of the molecule is COc1cc(N)cc(CN2CCn3ccnc3C2)c1. The van der Waals surface area contributed by atoms with Gasteiger partial charge in [0, 0.05) is 43.8 Å². The normalized spacial score (nSPS) is 15.2. The largest absolute Gasteiger partial charge is 0.497 e. The third-order valence-corrected chi connectivity index (χ3v) is 3.45. The third-order valence-electron chi connectivity index (χ3n) is 3.45. The molecule has 5 heteroatoms. The fourth-order valence-corrected chi connectivity index (χ4v) is 2.51. The van der Waals surface area contributed by atoms with Crippen LogP contribution in [0.4, 0.5) is 5.69 Å². The summed E-state index contributed by atoms with van der Waals surface area (Å²) >= 11 is 0. The Bertz CT molecular complexity index is 579. The number of nitrogens with two attached hydrogens (primary N) is 1. The van der Waals surface area contributed by atoms with Gasteiger partial charge in [-0.3, -0.25) is 4.90 Å². The summed E-state index contributed by atoms with van der Waals surface area (Å²) in [4.78, 5) is 6.74. The van der Waals surface area contributed by atoms with Crippen molar-refractivity contribution in [2.45, 2.75) is 19.6 Å². The molecule has 1 aromatic heterocycles. The average Bonchev–Trinajstić information content (AvgIpc) is 2.85. The molecule has 0 radical (unpaired) electrons. The Kier molecular flexibility index (Phi) is 3.13. The van der Waals surface area contributed by atoms with Crippen LogP contribution in [-0.2, 0) is 19.6 Å².